The predicted octanol–water partition coefficient (Wildman–Crippen LogP) is 3.94. The van der Waals surface area contributed by atoms with E-state index < -0.39 is 23.8 Å². The van der Waals surface area contributed by atoms with Gasteiger partial charge in [0.1, 0.15) is 11.2 Å². The van der Waals surface area contributed by atoms with Gasteiger partial charge in [0, 0.05) is 0 Å². The number of ketones is 1. The normalized spacial score (nSPS) is 14.9. The molecule has 0 fully saturated rings. The summed E-state index contributed by atoms with van der Waals surface area (Å²) in [4.78, 5) is 11.5. The molecule has 1 aromatic rings. The number of alkyl halides is 3. The zero-order valence-corrected chi connectivity index (χ0v) is 10.1. The van der Waals surface area contributed by atoms with Crippen molar-refractivity contribution in [2.24, 2.45) is 5.41 Å². The average Bonchev–Trinajstić information content (AvgIpc) is 2.28. The van der Waals surface area contributed by atoms with Gasteiger partial charge in [-0.15, -0.1) is 6.58 Å². The van der Waals surface area contributed by atoms with Gasteiger partial charge in [0.2, 0.25) is 0 Å². The summed E-state index contributed by atoms with van der Waals surface area (Å²) in [5.74, 6) is -0.876. The maximum atomic E-state index is 13.2. The largest absolute Gasteiger partial charge is 0.401 e. The Morgan fingerprint density at radius 2 is 1.83 bits per heavy atom. The molecule has 0 N–H and O–H groups in total. The van der Waals surface area contributed by atoms with Crippen LogP contribution in [-0.4, -0.2) is 12.0 Å². The topological polar surface area (TPSA) is 17.1 Å². The molecule has 0 aliphatic heterocycles. The number of benzene rings is 1. The van der Waals surface area contributed by atoms with Crippen molar-refractivity contribution >= 4 is 5.78 Å². The summed E-state index contributed by atoms with van der Waals surface area (Å²) in [5, 5.41) is 0. The second kappa shape index (κ2) is 5.38. The average molecular weight is 256 g/mol. The van der Waals surface area contributed by atoms with Gasteiger partial charge in [-0.2, -0.15) is 13.2 Å². The van der Waals surface area contributed by atoms with Crippen LogP contribution < -0.4 is 0 Å². The molecule has 1 unspecified atom stereocenters. The summed E-state index contributed by atoms with van der Waals surface area (Å²) in [7, 11) is 0. The van der Waals surface area contributed by atoms with Gasteiger partial charge in [-0.05, 0) is 25.3 Å². The zero-order valence-electron chi connectivity index (χ0n) is 10.1. The molecular weight excluding hydrogens is 241 g/mol. The van der Waals surface area contributed by atoms with Gasteiger partial charge in [0.25, 0.3) is 0 Å². The summed E-state index contributed by atoms with van der Waals surface area (Å²) >= 11 is 0. The number of rotatable bonds is 5. The molecule has 0 aliphatic carbocycles. The minimum atomic E-state index is -4.58. The van der Waals surface area contributed by atoms with Crippen molar-refractivity contribution in [3.05, 3.63) is 48.6 Å². The van der Waals surface area contributed by atoms with Crippen LogP contribution >= 0.6 is 0 Å². The quantitative estimate of drug-likeness (QED) is 0.729. The number of hydrogen-bond acceptors (Lipinski definition) is 1. The molecule has 0 aromatic heterocycles. The number of allylic oxidation sites excluding steroid dienone is 1. The second-order valence-electron chi connectivity index (χ2n) is 4.29. The van der Waals surface area contributed by atoms with Gasteiger partial charge in [0.15, 0.2) is 0 Å². The molecule has 0 bridgehead atoms. The Hall–Kier alpha value is -1.58. The SMILES string of the molecule is C=CCC(Cc1ccccc1)(C(C)=O)C(F)(F)F. The van der Waals surface area contributed by atoms with E-state index in [0.717, 1.165) is 13.0 Å². The summed E-state index contributed by atoms with van der Waals surface area (Å²) < 4.78 is 39.7. The first-order valence-corrected chi connectivity index (χ1v) is 5.56. The molecule has 1 rings (SSSR count). The van der Waals surface area contributed by atoms with Crippen LogP contribution in [0.4, 0.5) is 13.2 Å². The predicted molar refractivity (Wildman–Crippen MR) is 64.1 cm³/mol. The van der Waals surface area contributed by atoms with Gasteiger partial charge in [-0.25, -0.2) is 0 Å². The lowest BCUT2D eigenvalue weighted by molar-refractivity contribution is -0.218. The van der Waals surface area contributed by atoms with Crippen LogP contribution in [-0.2, 0) is 11.2 Å². The molecule has 0 saturated carbocycles. The first-order chi connectivity index (χ1) is 8.33. The van der Waals surface area contributed by atoms with Crippen molar-refractivity contribution in [2.45, 2.75) is 25.9 Å². The molecule has 1 nitrogen and oxygen atoms in total. The van der Waals surface area contributed by atoms with E-state index in [4.69, 9.17) is 0 Å². The van der Waals surface area contributed by atoms with E-state index in [1.165, 1.54) is 0 Å². The number of halogens is 3. The molecule has 0 radical (unpaired) electrons. The number of carbonyl (C=O) groups excluding carboxylic acids is 1. The third-order valence-electron chi connectivity index (χ3n) is 3.06. The molecule has 0 amide bonds. The summed E-state index contributed by atoms with van der Waals surface area (Å²) in [6.07, 6.45) is -4.18. The van der Waals surface area contributed by atoms with Crippen LogP contribution in [0.5, 0.6) is 0 Å². The lowest BCUT2D eigenvalue weighted by Crippen LogP contribution is -2.45. The van der Waals surface area contributed by atoms with Crippen LogP contribution in [0.3, 0.4) is 0 Å². The molecule has 0 spiro atoms. The van der Waals surface area contributed by atoms with Gasteiger partial charge in [-0.3, -0.25) is 4.79 Å². The van der Waals surface area contributed by atoms with Crippen molar-refractivity contribution < 1.29 is 18.0 Å². The third kappa shape index (κ3) is 2.81. The Kier molecular flexibility index (Phi) is 4.33. The molecule has 0 saturated heterocycles. The van der Waals surface area contributed by atoms with Crippen LogP contribution in [0.1, 0.15) is 18.9 Å². The molecule has 1 atom stereocenters. The Bertz CT molecular complexity index is 422. The summed E-state index contributed by atoms with van der Waals surface area (Å²) in [5.41, 5.74) is -1.87. The van der Waals surface area contributed by atoms with Crippen molar-refractivity contribution in [3.63, 3.8) is 0 Å². The van der Waals surface area contributed by atoms with E-state index in [1.54, 1.807) is 30.3 Å². The van der Waals surface area contributed by atoms with Crippen molar-refractivity contribution in [1.29, 1.82) is 0 Å². The van der Waals surface area contributed by atoms with Gasteiger partial charge in [0.05, 0.1) is 0 Å². The fourth-order valence-electron chi connectivity index (χ4n) is 1.95. The zero-order chi connectivity index (χ0) is 13.8. The highest BCUT2D eigenvalue weighted by molar-refractivity contribution is 5.83. The minimum absolute atomic E-state index is 0.349. The highest BCUT2D eigenvalue weighted by Gasteiger charge is 2.57. The standard InChI is InChI=1S/C14H15F3O/c1-3-9-13(11(2)18,14(15,16)17)10-12-7-5-4-6-8-12/h3-8H,1,9-10H2,2H3. The highest BCUT2D eigenvalue weighted by Crippen LogP contribution is 2.44. The molecule has 1 aromatic carbocycles. The van der Waals surface area contributed by atoms with Crippen molar-refractivity contribution in [2.75, 3.05) is 0 Å². The highest BCUT2D eigenvalue weighted by atomic mass is 19.4. The Morgan fingerprint density at radius 1 is 1.28 bits per heavy atom. The van der Waals surface area contributed by atoms with Gasteiger partial charge >= 0.3 is 6.18 Å². The monoisotopic (exact) mass is 256 g/mol. The lowest BCUT2D eigenvalue weighted by atomic mass is 9.75. The lowest BCUT2D eigenvalue weighted by Gasteiger charge is -2.32. The Morgan fingerprint density at radius 3 is 2.22 bits per heavy atom. The van der Waals surface area contributed by atoms with E-state index >= 15 is 0 Å². The molecule has 0 heterocycles. The fourth-order valence-corrected chi connectivity index (χ4v) is 1.95. The van der Waals surface area contributed by atoms with E-state index in [-0.39, 0.29) is 6.42 Å². The summed E-state index contributed by atoms with van der Waals surface area (Å²) in [6.45, 7) is 4.32. The maximum absolute atomic E-state index is 13.2. The number of Topliss-reactive ketones (excluding diaryl/α,β-unsaturated/α-hetero) is 1. The minimum Gasteiger partial charge on any atom is -0.299 e. The number of hydrogen-bond donors (Lipinski definition) is 0. The fraction of sp³-hybridized carbons (Fsp3) is 0.357. The van der Waals surface area contributed by atoms with Gasteiger partial charge in [-0.1, -0.05) is 36.4 Å². The van der Waals surface area contributed by atoms with E-state index in [0.29, 0.717) is 5.56 Å². The van der Waals surface area contributed by atoms with Crippen LogP contribution in [0, 0.1) is 5.41 Å². The van der Waals surface area contributed by atoms with Crippen molar-refractivity contribution in [1.82, 2.24) is 0 Å². The molecule has 4 heteroatoms. The second-order valence-corrected chi connectivity index (χ2v) is 4.29. The molecule has 0 aliphatic rings. The number of carbonyl (C=O) groups is 1. The Labute approximate surface area is 104 Å². The maximum Gasteiger partial charge on any atom is 0.401 e. The van der Waals surface area contributed by atoms with E-state index in [9.17, 15) is 18.0 Å². The van der Waals surface area contributed by atoms with Crippen LogP contribution in [0.2, 0.25) is 0 Å². The first-order valence-electron chi connectivity index (χ1n) is 5.56. The van der Waals surface area contributed by atoms with Crippen LogP contribution in [0.15, 0.2) is 43.0 Å². The Balaban J connectivity index is 3.19. The molecule has 18 heavy (non-hydrogen) atoms. The first kappa shape index (κ1) is 14.5. The third-order valence-corrected chi connectivity index (χ3v) is 3.06. The molecular formula is C14H15F3O. The van der Waals surface area contributed by atoms with E-state index in [2.05, 4.69) is 6.58 Å². The smallest absolute Gasteiger partial charge is 0.299 e. The molecule has 98 valence electrons. The van der Waals surface area contributed by atoms with Crippen molar-refractivity contribution in [3.8, 4) is 0 Å². The van der Waals surface area contributed by atoms with E-state index in [1.807, 2.05) is 0 Å². The summed E-state index contributed by atoms with van der Waals surface area (Å²) in [6, 6.07) is 8.22. The van der Waals surface area contributed by atoms with Crippen LogP contribution in [0.25, 0.3) is 0 Å². The van der Waals surface area contributed by atoms with Gasteiger partial charge < -0.3 is 0 Å².